The second kappa shape index (κ2) is 5.65. The summed E-state index contributed by atoms with van der Waals surface area (Å²) in [6.45, 7) is 5.91. The van der Waals surface area contributed by atoms with Crippen LogP contribution in [0.5, 0.6) is 0 Å². The first kappa shape index (κ1) is 13.3. The van der Waals surface area contributed by atoms with Crippen LogP contribution in [-0.4, -0.2) is 10.9 Å². The van der Waals surface area contributed by atoms with E-state index in [-0.39, 0.29) is 5.91 Å². The van der Waals surface area contributed by atoms with Crippen LogP contribution in [0.2, 0.25) is 0 Å². The van der Waals surface area contributed by atoms with E-state index >= 15 is 0 Å². The molecule has 3 nitrogen and oxygen atoms in total. The Kier molecular flexibility index (Phi) is 3.95. The molecule has 1 aromatic heterocycles. The van der Waals surface area contributed by atoms with Gasteiger partial charge in [-0.1, -0.05) is 25.1 Å². The van der Waals surface area contributed by atoms with Crippen molar-refractivity contribution in [3.05, 3.63) is 58.9 Å². The van der Waals surface area contributed by atoms with Gasteiger partial charge >= 0.3 is 0 Å². The Morgan fingerprint density at radius 2 is 1.84 bits per heavy atom. The number of para-hydroxylation sites is 1. The minimum absolute atomic E-state index is 0.106. The zero-order chi connectivity index (χ0) is 13.8. The van der Waals surface area contributed by atoms with Crippen molar-refractivity contribution in [1.29, 1.82) is 0 Å². The first-order chi connectivity index (χ1) is 9.11. The standard InChI is InChI=1S/C16H18N2O/c1-4-13-10-15(12(3)17-11(13)2)16(19)18-14-8-6-5-7-9-14/h5-10H,4H2,1-3H3,(H,18,19). The maximum atomic E-state index is 12.3. The summed E-state index contributed by atoms with van der Waals surface area (Å²) in [5, 5.41) is 2.89. The van der Waals surface area contributed by atoms with Crippen molar-refractivity contribution in [2.45, 2.75) is 27.2 Å². The van der Waals surface area contributed by atoms with Gasteiger partial charge in [0, 0.05) is 11.4 Å². The quantitative estimate of drug-likeness (QED) is 0.910. The Morgan fingerprint density at radius 1 is 1.16 bits per heavy atom. The minimum Gasteiger partial charge on any atom is -0.322 e. The number of carbonyl (C=O) groups is 1. The molecule has 3 heteroatoms. The zero-order valence-corrected chi connectivity index (χ0v) is 11.5. The van der Waals surface area contributed by atoms with Gasteiger partial charge in [0.25, 0.3) is 5.91 Å². The SMILES string of the molecule is CCc1cc(C(=O)Nc2ccccc2)c(C)nc1C. The first-order valence-corrected chi connectivity index (χ1v) is 6.45. The highest BCUT2D eigenvalue weighted by Gasteiger charge is 2.12. The molecule has 1 heterocycles. The zero-order valence-electron chi connectivity index (χ0n) is 11.5. The normalized spacial score (nSPS) is 10.3. The Morgan fingerprint density at radius 3 is 2.47 bits per heavy atom. The van der Waals surface area contributed by atoms with Crippen molar-refractivity contribution in [2.24, 2.45) is 0 Å². The first-order valence-electron chi connectivity index (χ1n) is 6.45. The summed E-state index contributed by atoms with van der Waals surface area (Å²) in [5.41, 5.74) is 4.32. The van der Waals surface area contributed by atoms with Crippen molar-refractivity contribution >= 4 is 11.6 Å². The predicted octanol–water partition coefficient (Wildman–Crippen LogP) is 3.51. The van der Waals surface area contributed by atoms with E-state index in [0.717, 1.165) is 29.1 Å². The molecular formula is C16H18N2O. The number of pyridine rings is 1. The van der Waals surface area contributed by atoms with Gasteiger partial charge in [-0.3, -0.25) is 9.78 Å². The van der Waals surface area contributed by atoms with Gasteiger partial charge in [0.1, 0.15) is 0 Å². The third-order valence-electron chi connectivity index (χ3n) is 3.17. The van der Waals surface area contributed by atoms with Crippen molar-refractivity contribution in [2.75, 3.05) is 5.32 Å². The molecule has 1 aromatic carbocycles. The lowest BCUT2D eigenvalue weighted by atomic mass is 10.1. The lowest BCUT2D eigenvalue weighted by Crippen LogP contribution is -2.15. The average Bonchev–Trinajstić information content (AvgIpc) is 2.40. The molecule has 19 heavy (non-hydrogen) atoms. The van der Waals surface area contributed by atoms with Crippen molar-refractivity contribution in [3.8, 4) is 0 Å². The molecule has 2 aromatic rings. The Hall–Kier alpha value is -2.16. The van der Waals surface area contributed by atoms with E-state index in [4.69, 9.17) is 0 Å². The van der Waals surface area contributed by atoms with E-state index in [1.54, 1.807) is 0 Å². The lowest BCUT2D eigenvalue weighted by Gasteiger charge is -2.10. The number of carbonyl (C=O) groups excluding carboxylic acids is 1. The maximum absolute atomic E-state index is 12.3. The fourth-order valence-corrected chi connectivity index (χ4v) is 2.07. The third-order valence-corrected chi connectivity index (χ3v) is 3.17. The van der Waals surface area contributed by atoms with Crippen LogP contribution in [0.15, 0.2) is 36.4 Å². The second-order valence-corrected chi connectivity index (χ2v) is 4.54. The van der Waals surface area contributed by atoms with Crippen LogP contribution in [0.3, 0.4) is 0 Å². The van der Waals surface area contributed by atoms with E-state index < -0.39 is 0 Å². The Bertz CT molecular complexity index is 591. The van der Waals surface area contributed by atoms with Crippen molar-refractivity contribution in [3.63, 3.8) is 0 Å². The molecule has 0 saturated heterocycles. The predicted molar refractivity (Wildman–Crippen MR) is 77.5 cm³/mol. The molecule has 0 aliphatic heterocycles. The van der Waals surface area contributed by atoms with E-state index in [1.165, 1.54) is 0 Å². The Labute approximate surface area is 113 Å². The average molecular weight is 254 g/mol. The number of amides is 1. The molecule has 0 atom stereocenters. The molecule has 2 rings (SSSR count). The number of nitrogens with zero attached hydrogens (tertiary/aromatic N) is 1. The second-order valence-electron chi connectivity index (χ2n) is 4.54. The van der Waals surface area contributed by atoms with Gasteiger partial charge in [-0.25, -0.2) is 0 Å². The molecule has 0 aliphatic rings. The number of aryl methyl sites for hydroxylation is 3. The fourth-order valence-electron chi connectivity index (χ4n) is 2.07. The van der Waals surface area contributed by atoms with Gasteiger partial charge in [-0.2, -0.15) is 0 Å². The van der Waals surface area contributed by atoms with E-state index in [9.17, 15) is 4.79 Å². The van der Waals surface area contributed by atoms with Crippen molar-refractivity contribution in [1.82, 2.24) is 4.98 Å². The molecule has 0 fully saturated rings. The highest BCUT2D eigenvalue weighted by molar-refractivity contribution is 6.05. The van der Waals surface area contributed by atoms with Gasteiger partial charge in [-0.15, -0.1) is 0 Å². The largest absolute Gasteiger partial charge is 0.322 e. The van der Waals surface area contributed by atoms with E-state index in [2.05, 4.69) is 17.2 Å². The molecule has 0 spiro atoms. The van der Waals surface area contributed by atoms with Crippen LogP contribution in [-0.2, 0) is 6.42 Å². The number of hydrogen-bond donors (Lipinski definition) is 1. The van der Waals surface area contributed by atoms with Crippen LogP contribution >= 0.6 is 0 Å². The summed E-state index contributed by atoms with van der Waals surface area (Å²) >= 11 is 0. The summed E-state index contributed by atoms with van der Waals surface area (Å²) < 4.78 is 0. The molecule has 0 aliphatic carbocycles. The number of aromatic nitrogens is 1. The van der Waals surface area contributed by atoms with Gasteiger partial charge in [-0.05, 0) is 44.0 Å². The van der Waals surface area contributed by atoms with Gasteiger partial charge in [0.05, 0.1) is 11.3 Å². The highest BCUT2D eigenvalue weighted by Crippen LogP contribution is 2.15. The lowest BCUT2D eigenvalue weighted by molar-refractivity contribution is 0.102. The summed E-state index contributed by atoms with van der Waals surface area (Å²) in [6, 6.07) is 11.4. The summed E-state index contributed by atoms with van der Waals surface area (Å²) in [7, 11) is 0. The summed E-state index contributed by atoms with van der Waals surface area (Å²) in [5.74, 6) is -0.106. The minimum atomic E-state index is -0.106. The third kappa shape index (κ3) is 2.99. The molecule has 0 unspecified atom stereocenters. The topological polar surface area (TPSA) is 42.0 Å². The van der Waals surface area contributed by atoms with Crippen LogP contribution < -0.4 is 5.32 Å². The molecule has 98 valence electrons. The number of nitrogens with one attached hydrogen (secondary N) is 1. The number of hydrogen-bond acceptors (Lipinski definition) is 2. The molecule has 1 N–H and O–H groups in total. The van der Waals surface area contributed by atoms with Crippen LogP contribution in [0, 0.1) is 13.8 Å². The molecule has 0 bridgehead atoms. The summed E-state index contributed by atoms with van der Waals surface area (Å²) in [4.78, 5) is 16.7. The number of rotatable bonds is 3. The van der Waals surface area contributed by atoms with E-state index in [1.807, 2.05) is 50.2 Å². The van der Waals surface area contributed by atoms with Gasteiger partial charge in [0.2, 0.25) is 0 Å². The van der Waals surface area contributed by atoms with Gasteiger partial charge < -0.3 is 5.32 Å². The van der Waals surface area contributed by atoms with E-state index in [0.29, 0.717) is 5.56 Å². The maximum Gasteiger partial charge on any atom is 0.257 e. The van der Waals surface area contributed by atoms with Gasteiger partial charge in [0.15, 0.2) is 0 Å². The number of benzene rings is 1. The van der Waals surface area contributed by atoms with Crippen molar-refractivity contribution < 1.29 is 4.79 Å². The molecular weight excluding hydrogens is 236 g/mol. The van der Waals surface area contributed by atoms with Crippen LogP contribution in [0.1, 0.15) is 34.2 Å². The molecule has 1 amide bonds. The van der Waals surface area contributed by atoms with Crippen LogP contribution in [0.4, 0.5) is 5.69 Å². The Balaban J connectivity index is 2.29. The molecule has 0 saturated carbocycles. The monoisotopic (exact) mass is 254 g/mol. The van der Waals surface area contributed by atoms with Crippen LogP contribution in [0.25, 0.3) is 0 Å². The molecule has 0 radical (unpaired) electrons. The summed E-state index contributed by atoms with van der Waals surface area (Å²) in [6.07, 6.45) is 0.880. The fraction of sp³-hybridized carbons (Fsp3) is 0.250. The smallest absolute Gasteiger partial charge is 0.257 e. The number of anilines is 1. The highest BCUT2D eigenvalue weighted by atomic mass is 16.1.